The van der Waals surface area contributed by atoms with Gasteiger partial charge in [0.2, 0.25) is 5.95 Å². The van der Waals surface area contributed by atoms with Crippen LogP contribution in [0.1, 0.15) is 5.56 Å². The lowest BCUT2D eigenvalue weighted by atomic mass is 10.2. The molecular formula is C10H13N5S. The molecule has 0 atom stereocenters. The van der Waals surface area contributed by atoms with Gasteiger partial charge < -0.3 is 5.73 Å². The molecule has 0 aromatic carbocycles. The molecule has 0 aliphatic carbocycles. The van der Waals surface area contributed by atoms with Crippen molar-refractivity contribution in [2.24, 2.45) is 7.05 Å². The van der Waals surface area contributed by atoms with E-state index in [9.17, 15) is 0 Å². The Labute approximate surface area is 98.1 Å². The first-order chi connectivity index (χ1) is 7.77. The molecule has 2 heterocycles. The number of aromatic nitrogens is 4. The van der Waals surface area contributed by atoms with E-state index in [4.69, 9.17) is 5.73 Å². The predicted octanol–water partition coefficient (Wildman–Crippen LogP) is 1.13. The summed E-state index contributed by atoms with van der Waals surface area (Å²) >= 11 is 1.64. The second-order valence-electron chi connectivity index (χ2n) is 3.36. The number of hydrogen-bond acceptors (Lipinski definition) is 5. The van der Waals surface area contributed by atoms with Gasteiger partial charge in [0.25, 0.3) is 0 Å². The Kier molecular flexibility index (Phi) is 3.40. The summed E-state index contributed by atoms with van der Waals surface area (Å²) in [7, 11) is 1.86. The van der Waals surface area contributed by atoms with Crippen LogP contribution in [-0.2, 0) is 13.5 Å². The molecule has 2 aromatic heterocycles. The second-order valence-corrected chi connectivity index (χ2v) is 4.42. The monoisotopic (exact) mass is 235 g/mol. The van der Waals surface area contributed by atoms with E-state index in [1.807, 2.05) is 19.3 Å². The SMILES string of the molecule is Cn1c(N)nnc1SCCc1cccnc1. The topological polar surface area (TPSA) is 69.6 Å². The van der Waals surface area contributed by atoms with Gasteiger partial charge in [-0.3, -0.25) is 9.55 Å². The third kappa shape index (κ3) is 2.52. The van der Waals surface area contributed by atoms with E-state index in [0.29, 0.717) is 5.95 Å². The lowest BCUT2D eigenvalue weighted by Gasteiger charge is -2.01. The molecule has 0 saturated carbocycles. The summed E-state index contributed by atoms with van der Waals surface area (Å²) in [6.07, 6.45) is 4.62. The third-order valence-electron chi connectivity index (χ3n) is 2.21. The van der Waals surface area contributed by atoms with Gasteiger partial charge in [-0.05, 0) is 18.1 Å². The van der Waals surface area contributed by atoms with Crippen molar-refractivity contribution < 1.29 is 0 Å². The number of nitrogens with two attached hydrogens (primary N) is 1. The van der Waals surface area contributed by atoms with Crippen molar-refractivity contribution >= 4 is 17.7 Å². The Hall–Kier alpha value is -1.56. The van der Waals surface area contributed by atoms with Crippen molar-refractivity contribution in [3.8, 4) is 0 Å². The Morgan fingerprint density at radius 2 is 2.31 bits per heavy atom. The highest BCUT2D eigenvalue weighted by Gasteiger charge is 2.05. The van der Waals surface area contributed by atoms with E-state index < -0.39 is 0 Å². The number of thioether (sulfide) groups is 1. The molecule has 2 N–H and O–H groups in total. The molecule has 0 radical (unpaired) electrons. The summed E-state index contributed by atoms with van der Waals surface area (Å²) in [6, 6.07) is 4.01. The Morgan fingerprint density at radius 3 is 2.94 bits per heavy atom. The van der Waals surface area contributed by atoms with Crippen molar-refractivity contribution in [1.82, 2.24) is 19.7 Å². The van der Waals surface area contributed by atoms with Crippen LogP contribution in [0.25, 0.3) is 0 Å². The summed E-state index contributed by atoms with van der Waals surface area (Å²) in [6.45, 7) is 0. The van der Waals surface area contributed by atoms with Gasteiger partial charge in [-0.2, -0.15) is 0 Å². The van der Waals surface area contributed by atoms with Crippen LogP contribution in [0.5, 0.6) is 0 Å². The second kappa shape index (κ2) is 4.98. The minimum atomic E-state index is 0.448. The van der Waals surface area contributed by atoms with Crippen LogP contribution in [0.3, 0.4) is 0 Å². The van der Waals surface area contributed by atoms with Gasteiger partial charge in [0, 0.05) is 25.2 Å². The van der Waals surface area contributed by atoms with Gasteiger partial charge in [0.1, 0.15) is 0 Å². The fraction of sp³-hybridized carbons (Fsp3) is 0.300. The largest absolute Gasteiger partial charge is 0.368 e. The number of rotatable bonds is 4. The quantitative estimate of drug-likeness (QED) is 0.804. The van der Waals surface area contributed by atoms with Crippen LogP contribution in [0.4, 0.5) is 5.95 Å². The molecule has 6 heteroatoms. The van der Waals surface area contributed by atoms with E-state index >= 15 is 0 Å². The van der Waals surface area contributed by atoms with Gasteiger partial charge in [0.15, 0.2) is 5.16 Å². The number of pyridine rings is 1. The molecule has 0 amide bonds. The fourth-order valence-electron chi connectivity index (χ4n) is 1.26. The highest BCUT2D eigenvalue weighted by Crippen LogP contribution is 2.17. The van der Waals surface area contributed by atoms with Gasteiger partial charge in [-0.1, -0.05) is 17.8 Å². The van der Waals surface area contributed by atoms with E-state index in [1.54, 1.807) is 22.5 Å². The average Bonchev–Trinajstić information content (AvgIpc) is 2.62. The number of aryl methyl sites for hydroxylation is 1. The zero-order chi connectivity index (χ0) is 11.4. The smallest absolute Gasteiger partial charge is 0.222 e. The van der Waals surface area contributed by atoms with Crippen LogP contribution in [-0.4, -0.2) is 25.5 Å². The summed E-state index contributed by atoms with van der Waals surface area (Å²) in [5, 5.41) is 8.63. The van der Waals surface area contributed by atoms with Crippen molar-refractivity contribution in [2.75, 3.05) is 11.5 Å². The van der Waals surface area contributed by atoms with E-state index in [2.05, 4.69) is 21.2 Å². The maximum Gasteiger partial charge on any atom is 0.222 e. The molecule has 0 fully saturated rings. The molecular weight excluding hydrogens is 222 g/mol. The molecule has 0 aliphatic heterocycles. The standard InChI is InChI=1S/C10H13N5S/c1-15-9(11)13-14-10(15)16-6-4-8-3-2-5-12-7-8/h2-3,5,7H,4,6H2,1H3,(H2,11,13). The molecule has 0 bridgehead atoms. The molecule has 0 unspecified atom stereocenters. The molecule has 0 aliphatic rings. The van der Waals surface area contributed by atoms with Crippen LogP contribution in [0.15, 0.2) is 29.7 Å². The van der Waals surface area contributed by atoms with Crippen molar-refractivity contribution in [3.63, 3.8) is 0 Å². The highest BCUT2D eigenvalue weighted by atomic mass is 32.2. The minimum Gasteiger partial charge on any atom is -0.368 e. The first-order valence-corrected chi connectivity index (χ1v) is 5.92. The van der Waals surface area contributed by atoms with Gasteiger partial charge >= 0.3 is 0 Å². The van der Waals surface area contributed by atoms with Gasteiger partial charge in [-0.15, -0.1) is 10.2 Å². The third-order valence-corrected chi connectivity index (χ3v) is 3.24. The van der Waals surface area contributed by atoms with Crippen molar-refractivity contribution in [1.29, 1.82) is 0 Å². The van der Waals surface area contributed by atoms with E-state index in [1.165, 1.54) is 5.56 Å². The summed E-state index contributed by atoms with van der Waals surface area (Å²) in [5.74, 6) is 1.39. The van der Waals surface area contributed by atoms with Crippen LogP contribution in [0.2, 0.25) is 0 Å². The summed E-state index contributed by atoms with van der Waals surface area (Å²) in [5.41, 5.74) is 6.82. The highest BCUT2D eigenvalue weighted by molar-refractivity contribution is 7.99. The minimum absolute atomic E-state index is 0.448. The van der Waals surface area contributed by atoms with E-state index in [-0.39, 0.29) is 0 Å². The van der Waals surface area contributed by atoms with Crippen LogP contribution < -0.4 is 5.73 Å². The molecule has 5 nitrogen and oxygen atoms in total. The van der Waals surface area contributed by atoms with Crippen LogP contribution in [0, 0.1) is 0 Å². The van der Waals surface area contributed by atoms with Crippen molar-refractivity contribution in [3.05, 3.63) is 30.1 Å². The molecule has 0 spiro atoms. The summed E-state index contributed by atoms with van der Waals surface area (Å²) in [4.78, 5) is 4.07. The molecule has 2 rings (SSSR count). The normalized spacial score (nSPS) is 10.6. The molecule has 2 aromatic rings. The van der Waals surface area contributed by atoms with Crippen molar-refractivity contribution in [2.45, 2.75) is 11.6 Å². The first-order valence-electron chi connectivity index (χ1n) is 4.94. The van der Waals surface area contributed by atoms with Gasteiger partial charge in [-0.25, -0.2) is 0 Å². The van der Waals surface area contributed by atoms with E-state index in [0.717, 1.165) is 17.3 Å². The molecule has 0 saturated heterocycles. The number of nitrogens with zero attached hydrogens (tertiary/aromatic N) is 4. The van der Waals surface area contributed by atoms with Gasteiger partial charge in [0.05, 0.1) is 0 Å². The van der Waals surface area contributed by atoms with Crippen LogP contribution >= 0.6 is 11.8 Å². The zero-order valence-corrected chi connectivity index (χ0v) is 9.81. The lowest BCUT2D eigenvalue weighted by molar-refractivity contribution is 0.795. The molecule has 16 heavy (non-hydrogen) atoms. The Bertz CT molecular complexity index is 453. The first kappa shape index (κ1) is 10.9. The fourth-order valence-corrected chi connectivity index (χ4v) is 2.16. The predicted molar refractivity (Wildman–Crippen MR) is 64.1 cm³/mol. The summed E-state index contributed by atoms with van der Waals surface area (Å²) < 4.78 is 1.79. The Morgan fingerprint density at radius 1 is 1.44 bits per heavy atom. The molecule has 84 valence electrons. The Balaban J connectivity index is 1.87. The number of hydrogen-bond donors (Lipinski definition) is 1. The number of nitrogen functional groups attached to an aromatic ring is 1. The maximum atomic E-state index is 5.59. The average molecular weight is 235 g/mol. The lowest BCUT2D eigenvalue weighted by Crippen LogP contribution is -1.98. The zero-order valence-electron chi connectivity index (χ0n) is 9.00. The maximum absolute atomic E-state index is 5.59. The number of anilines is 1.